The van der Waals surface area contributed by atoms with Gasteiger partial charge in [0.1, 0.15) is 5.54 Å². The Hall–Kier alpha value is -0.830. The second kappa shape index (κ2) is 6.69. The first-order valence-electron chi connectivity index (χ1n) is 6.28. The maximum absolute atomic E-state index is 12.1. The molecule has 0 spiro atoms. The Kier molecular flexibility index (Phi) is 5.53. The summed E-state index contributed by atoms with van der Waals surface area (Å²) >= 11 is 0. The van der Waals surface area contributed by atoms with Gasteiger partial charge in [-0.05, 0) is 19.8 Å². The number of rotatable bonds is 5. The summed E-state index contributed by atoms with van der Waals surface area (Å²) in [5.74, 6) is -0.0845. The fourth-order valence-electron chi connectivity index (χ4n) is 2.32. The fourth-order valence-corrected chi connectivity index (χ4v) is 2.32. The van der Waals surface area contributed by atoms with E-state index in [0.29, 0.717) is 13.2 Å². The second-order valence-corrected chi connectivity index (χ2v) is 4.39. The number of carbonyl (C=O) groups excluding carboxylic acids is 1. The van der Waals surface area contributed by atoms with E-state index in [2.05, 4.69) is 11.9 Å². The van der Waals surface area contributed by atoms with Crippen LogP contribution in [0.4, 0.5) is 0 Å². The summed E-state index contributed by atoms with van der Waals surface area (Å²) in [6.07, 6.45) is 8.21. The third kappa shape index (κ3) is 3.34. The molecule has 0 amide bonds. The van der Waals surface area contributed by atoms with Crippen LogP contribution in [-0.4, -0.2) is 24.7 Å². The molecule has 1 N–H and O–H groups in total. The Labute approximate surface area is 98.2 Å². The van der Waals surface area contributed by atoms with Crippen LogP contribution in [0.2, 0.25) is 0 Å². The zero-order valence-electron chi connectivity index (χ0n) is 10.3. The van der Waals surface area contributed by atoms with Gasteiger partial charge in [0.15, 0.2) is 0 Å². The number of nitrogens with one attached hydrogen (secondary N) is 1. The van der Waals surface area contributed by atoms with Gasteiger partial charge >= 0.3 is 5.97 Å². The van der Waals surface area contributed by atoms with Gasteiger partial charge < -0.3 is 4.74 Å². The van der Waals surface area contributed by atoms with Crippen molar-refractivity contribution in [1.82, 2.24) is 5.32 Å². The molecule has 0 unspecified atom stereocenters. The summed E-state index contributed by atoms with van der Waals surface area (Å²) in [5.41, 5.74) is -0.458. The molecular formula is C13H23NO2. The molecule has 1 aliphatic carbocycles. The van der Waals surface area contributed by atoms with Gasteiger partial charge in [0.25, 0.3) is 0 Å². The topological polar surface area (TPSA) is 38.3 Å². The van der Waals surface area contributed by atoms with Crippen LogP contribution in [0.5, 0.6) is 0 Å². The Bertz CT molecular complexity index is 230. The third-order valence-corrected chi connectivity index (χ3v) is 3.21. The number of hydrogen-bond donors (Lipinski definition) is 1. The second-order valence-electron chi connectivity index (χ2n) is 4.39. The van der Waals surface area contributed by atoms with Crippen molar-refractivity contribution < 1.29 is 9.53 Å². The predicted molar refractivity (Wildman–Crippen MR) is 65.3 cm³/mol. The van der Waals surface area contributed by atoms with Crippen molar-refractivity contribution in [2.24, 2.45) is 0 Å². The molecule has 3 nitrogen and oxygen atoms in total. The summed E-state index contributed by atoms with van der Waals surface area (Å²) < 4.78 is 5.20. The predicted octanol–water partition coefficient (Wildman–Crippen LogP) is 2.42. The van der Waals surface area contributed by atoms with Gasteiger partial charge in [-0.1, -0.05) is 31.8 Å². The summed E-state index contributed by atoms with van der Waals surface area (Å²) in [5, 5.41) is 3.32. The third-order valence-electron chi connectivity index (χ3n) is 3.21. The monoisotopic (exact) mass is 225 g/mol. The molecule has 1 aliphatic rings. The standard InChI is InChI=1S/C13H23NO2/c1-3-11-14-13(12(15)16-4-2)9-7-5-6-8-10-13/h3,14H,1,4-11H2,2H3. The minimum absolute atomic E-state index is 0.0845. The van der Waals surface area contributed by atoms with Gasteiger partial charge in [0.05, 0.1) is 6.61 Å². The van der Waals surface area contributed by atoms with Gasteiger partial charge in [-0.2, -0.15) is 0 Å². The first kappa shape index (κ1) is 13.2. The molecule has 0 saturated heterocycles. The van der Waals surface area contributed by atoms with Crippen molar-refractivity contribution in [3.05, 3.63) is 12.7 Å². The van der Waals surface area contributed by atoms with Gasteiger partial charge in [-0.15, -0.1) is 6.58 Å². The first-order chi connectivity index (χ1) is 7.75. The first-order valence-corrected chi connectivity index (χ1v) is 6.28. The molecule has 0 radical (unpaired) electrons. The SMILES string of the molecule is C=CCNC1(C(=O)OCC)CCCCCC1. The molecule has 0 atom stereocenters. The molecule has 0 bridgehead atoms. The van der Waals surface area contributed by atoms with E-state index in [9.17, 15) is 4.79 Å². The van der Waals surface area contributed by atoms with Crippen molar-refractivity contribution in [3.63, 3.8) is 0 Å². The molecule has 0 aromatic heterocycles. The Morgan fingerprint density at radius 2 is 2.00 bits per heavy atom. The number of ether oxygens (including phenoxy) is 1. The molecule has 16 heavy (non-hydrogen) atoms. The van der Waals surface area contributed by atoms with E-state index in [-0.39, 0.29) is 5.97 Å². The van der Waals surface area contributed by atoms with Crippen LogP contribution in [0, 0.1) is 0 Å². The summed E-state index contributed by atoms with van der Waals surface area (Å²) in [6.45, 7) is 6.67. The molecule has 1 fully saturated rings. The van der Waals surface area contributed by atoms with Crippen LogP contribution in [0.15, 0.2) is 12.7 Å². The van der Waals surface area contributed by atoms with E-state index in [1.165, 1.54) is 12.8 Å². The van der Waals surface area contributed by atoms with Crippen LogP contribution in [0.1, 0.15) is 45.4 Å². The highest BCUT2D eigenvalue weighted by molar-refractivity contribution is 5.81. The summed E-state index contributed by atoms with van der Waals surface area (Å²) in [4.78, 5) is 12.1. The van der Waals surface area contributed by atoms with Crippen molar-refractivity contribution in [1.29, 1.82) is 0 Å². The number of hydrogen-bond acceptors (Lipinski definition) is 3. The molecule has 0 heterocycles. The highest BCUT2D eigenvalue weighted by Crippen LogP contribution is 2.28. The van der Waals surface area contributed by atoms with Crippen molar-refractivity contribution in [3.8, 4) is 0 Å². The van der Waals surface area contributed by atoms with E-state index >= 15 is 0 Å². The lowest BCUT2D eigenvalue weighted by molar-refractivity contribution is -0.151. The van der Waals surface area contributed by atoms with Crippen molar-refractivity contribution >= 4 is 5.97 Å². The molecule has 1 saturated carbocycles. The lowest BCUT2D eigenvalue weighted by Crippen LogP contribution is -2.52. The normalized spacial score (nSPS) is 19.8. The summed E-state index contributed by atoms with van der Waals surface area (Å²) in [7, 11) is 0. The highest BCUT2D eigenvalue weighted by Gasteiger charge is 2.38. The van der Waals surface area contributed by atoms with E-state index in [1.807, 2.05) is 6.92 Å². The summed E-state index contributed by atoms with van der Waals surface area (Å²) in [6, 6.07) is 0. The fraction of sp³-hybridized carbons (Fsp3) is 0.769. The van der Waals surface area contributed by atoms with E-state index in [4.69, 9.17) is 4.74 Å². The Morgan fingerprint density at radius 1 is 1.38 bits per heavy atom. The molecule has 0 aromatic carbocycles. The molecule has 92 valence electrons. The van der Waals surface area contributed by atoms with Gasteiger partial charge in [-0.3, -0.25) is 10.1 Å². The molecular weight excluding hydrogens is 202 g/mol. The quantitative estimate of drug-likeness (QED) is 0.443. The van der Waals surface area contributed by atoms with E-state index < -0.39 is 5.54 Å². The molecule has 1 rings (SSSR count). The van der Waals surface area contributed by atoms with Gasteiger partial charge in [-0.25, -0.2) is 0 Å². The van der Waals surface area contributed by atoms with Gasteiger partial charge in [0.2, 0.25) is 0 Å². The molecule has 0 aromatic rings. The van der Waals surface area contributed by atoms with Crippen LogP contribution < -0.4 is 5.32 Å². The number of esters is 1. The van der Waals surface area contributed by atoms with Crippen LogP contribution in [0.3, 0.4) is 0 Å². The Balaban J connectivity index is 2.71. The smallest absolute Gasteiger partial charge is 0.326 e. The average molecular weight is 225 g/mol. The maximum Gasteiger partial charge on any atom is 0.326 e. The maximum atomic E-state index is 12.1. The highest BCUT2D eigenvalue weighted by atomic mass is 16.5. The van der Waals surface area contributed by atoms with Crippen molar-refractivity contribution in [2.45, 2.75) is 51.0 Å². The van der Waals surface area contributed by atoms with E-state index in [1.54, 1.807) is 6.08 Å². The zero-order valence-corrected chi connectivity index (χ0v) is 10.3. The average Bonchev–Trinajstić information content (AvgIpc) is 2.53. The van der Waals surface area contributed by atoms with Crippen LogP contribution >= 0.6 is 0 Å². The lowest BCUT2D eigenvalue weighted by Gasteiger charge is -2.31. The van der Waals surface area contributed by atoms with E-state index in [0.717, 1.165) is 25.7 Å². The minimum atomic E-state index is -0.458. The minimum Gasteiger partial charge on any atom is -0.465 e. The number of carbonyl (C=O) groups is 1. The molecule has 0 aliphatic heterocycles. The van der Waals surface area contributed by atoms with Gasteiger partial charge in [0, 0.05) is 6.54 Å². The van der Waals surface area contributed by atoms with Crippen LogP contribution in [-0.2, 0) is 9.53 Å². The molecule has 3 heteroatoms. The zero-order chi connectivity index (χ0) is 11.9. The largest absolute Gasteiger partial charge is 0.465 e. The Morgan fingerprint density at radius 3 is 2.50 bits per heavy atom. The van der Waals surface area contributed by atoms with Crippen LogP contribution in [0.25, 0.3) is 0 Å². The van der Waals surface area contributed by atoms with Crippen molar-refractivity contribution in [2.75, 3.05) is 13.2 Å². The lowest BCUT2D eigenvalue weighted by atomic mass is 9.90.